The van der Waals surface area contributed by atoms with Gasteiger partial charge in [0.25, 0.3) is 0 Å². The van der Waals surface area contributed by atoms with Crippen molar-refractivity contribution in [1.82, 2.24) is 24.3 Å². The van der Waals surface area contributed by atoms with E-state index in [4.69, 9.17) is 0 Å². The minimum absolute atomic E-state index is 0.192. The van der Waals surface area contributed by atoms with Crippen molar-refractivity contribution in [2.45, 2.75) is 58.4 Å². The number of benzene rings is 1. The highest BCUT2D eigenvalue weighted by Crippen LogP contribution is 2.33. The molecule has 1 aromatic carbocycles. The first-order valence-electron chi connectivity index (χ1n) is 13.6. The Labute approximate surface area is 236 Å². The van der Waals surface area contributed by atoms with Gasteiger partial charge in [0.2, 0.25) is 0 Å². The first kappa shape index (κ1) is 28.3. The molecule has 5 rings (SSSR count). The van der Waals surface area contributed by atoms with Gasteiger partial charge in [0, 0.05) is 54.5 Å². The van der Waals surface area contributed by atoms with Crippen LogP contribution in [-0.4, -0.2) is 69.8 Å². The fraction of sp³-hybridized carbons (Fsp3) is 0.483. The van der Waals surface area contributed by atoms with Crippen LogP contribution in [0.3, 0.4) is 0 Å². The summed E-state index contributed by atoms with van der Waals surface area (Å²) >= 11 is 1.07. The number of hydrogen-bond donors (Lipinski definition) is 1. The monoisotopic (exact) mass is 569 g/mol. The molecule has 1 aliphatic heterocycles. The van der Waals surface area contributed by atoms with Crippen molar-refractivity contribution >= 4 is 38.3 Å². The average Bonchev–Trinajstić information content (AvgIpc) is 3.50. The lowest BCUT2D eigenvalue weighted by molar-refractivity contribution is -0.126. The third kappa shape index (κ3) is 6.24. The number of rotatable bonds is 9. The number of likely N-dealkylation sites (N-methyl/N-ethyl adjacent to an activating group) is 1. The number of nitrogens with one attached hydrogen (secondary N) is 1. The number of nitrogens with zero attached hydrogens (tertiary/aromatic N) is 6. The van der Waals surface area contributed by atoms with E-state index >= 15 is 0 Å². The molecule has 0 radical (unpaired) electrons. The van der Waals surface area contributed by atoms with Crippen molar-refractivity contribution in [2.24, 2.45) is 0 Å². The summed E-state index contributed by atoms with van der Waals surface area (Å²) in [4.78, 5) is 14.0. The lowest BCUT2D eigenvalue weighted by Crippen LogP contribution is -2.39. The summed E-state index contributed by atoms with van der Waals surface area (Å²) in [6.07, 6.45) is -1.96. The maximum absolute atomic E-state index is 12.9. The topological polar surface area (TPSA) is 73.0 Å². The second kappa shape index (κ2) is 11.7. The number of likely N-dealkylation sites (tertiary alicyclic amines) is 1. The van der Waals surface area contributed by atoms with Gasteiger partial charge in [-0.15, -0.1) is 11.3 Å². The molecule has 3 aromatic heterocycles. The molecule has 0 atom stereocenters. The molecule has 40 heavy (non-hydrogen) atoms. The van der Waals surface area contributed by atoms with Crippen molar-refractivity contribution in [2.75, 3.05) is 38.5 Å². The summed E-state index contributed by atoms with van der Waals surface area (Å²) in [6, 6.07) is 10.5. The van der Waals surface area contributed by atoms with E-state index in [1.807, 2.05) is 6.07 Å². The highest BCUT2D eigenvalue weighted by molar-refractivity contribution is 7.18. The van der Waals surface area contributed by atoms with Gasteiger partial charge >= 0.3 is 6.18 Å². The maximum Gasteiger partial charge on any atom is 0.393 e. The molecule has 4 aromatic rings. The van der Waals surface area contributed by atoms with Gasteiger partial charge in [-0.25, -0.2) is 9.97 Å². The maximum atomic E-state index is 12.9. The smallest absolute Gasteiger partial charge is 0.367 e. The molecular formula is C29H34F3N7S. The van der Waals surface area contributed by atoms with Crippen LogP contribution in [-0.2, 0) is 19.5 Å². The van der Waals surface area contributed by atoms with Crippen LogP contribution < -0.4 is 5.32 Å². The van der Waals surface area contributed by atoms with Gasteiger partial charge in [-0.2, -0.15) is 18.4 Å². The Morgan fingerprint density at radius 2 is 1.95 bits per heavy atom. The van der Waals surface area contributed by atoms with Crippen LogP contribution in [0.1, 0.15) is 41.5 Å². The van der Waals surface area contributed by atoms with Crippen LogP contribution in [0.5, 0.6) is 0 Å². The first-order chi connectivity index (χ1) is 19.1. The van der Waals surface area contributed by atoms with Gasteiger partial charge in [0.15, 0.2) is 0 Å². The van der Waals surface area contributed by atoms with E-state index in [9.17, 15) is 18.4 Å². The number of halogens is 3. The third-order valence-corrected chi connectivity index (χ3v) is 8.95. The fourth-order valence-electron chi connectivity index (χ4n) is 5.43. The van der Waals surface area contributed by atoms with Gasteiger partial charge in [0.05, 0.1) is 11.8 Å². The molecule has 1 fully saturated rings. The molecule has 0 spiro atoms. The average molecular weight is 570 g/mol. The van der Waals surface area contributed by atoms with Crippen molar-refractivity contribution in [1.29, 1.82) is 5.26 Å². The minimum Gasteiger partial charge on any atom is -0.367 e. The van der Waals surface area contributed by atoms with Gasteiger partial charge in [0.1, 0.15) is 28.7 Å². The molecule has 0 aliphatic carbocycles. The van der Waals surface area contributed by atoms with E-state index in [1.54, 1.807) is 6.07 Å². The molecule has 212 valence electrons. The number of thiophene rings is 1. The summed E-state index contributed by atoms with van der Waals surface area (Å²) in [6.45, 7) is 9.55. The van der Waals surface area contributed by atoms with Crippen molar-refractivity contribution in [3.05, 3.63) is 52.3 Å². The molecular weight excluding hydrogens is 535 g/mol. The molecule has 1 N–H and O–H groups in total. The molecule has 1 aliphatic rings. The van der Waals surface area contributed by atoms with E-state index < -0.39 is 12.6 Å². The van der Waals surface area contributed by atoms with E-state index in [0.717, 1.165) is 74.3 Å². The molecule has 0 unspecified atom stereocenters. The van der Waals surface area contributed by atoms with Crippen LogP contribution >= 0.6 is 11.3 Å². The van der Waals surface area contributed by atoms with Crippen molar-refractivity contribution in [3.63, 3.8) is 0 Å². The Balaban J connectivity index is 1.23. The van der Waals surface area contributed by atoms with Gasteiger partial charge in [-0.3, -0.25) is 4.90 Å². The van der Waals surface area contributed by atoms with Crippen LogP contribution in [0.25, 0.3) is 21.1 Å². The number of alkyl halides is 3. The van der Waals surface area contributed by atoms with Gasteiger partial charge < -0.3 is 14.8 Å². The van der Waals surface area contributed by atoms with Gasteiger partial charge in [-0.1, -0.05) is 13.0 Å². The highest BCUT2D eigenvalue weighted by atomic mass is 32.1. The van der Waals surface area contributed by atoms with Crippen molar-refractivity contribution < 1.29 is 13.2 Å². The summed E-state index contributed by atoms with van der Waals surface area (Å²) in [7, 11) is 2.09. The molecule has 1 saturated heterocycles. The van der Waals surface area contributed by atoms with Crippen LogP contribution in [0, 0.1) is 18.3 Å². The predicted octanol–water partition coefficient (Wildman–Crippen LogP) is 5.96. The number of aromatic nitrogens is 3. The number of hydrogen-bond acceptors (Lipinski definition) is 7. The summed E-state index contributed by atoms with van der Waals surface area (Å²) in [5.74, 6) is 0.609. The summed E-state index contributed by atoms with van der Waals surface area (Å²) in [5, 5.41) is 15.0. The van der Waals surface area contributed by atoms with E-state index in [2.05, 4.69) is 68.7 Å². The van der Waals surface area contributed by atoms with Crippen LogP contribution in [0.15, 0.2) is 30.6 Å². The molecule has 4 heterocycles. The molecule has 0 bridgehead atoms. The zero-order valence-corrected chi connectivity index (χ0v) is 23.9. The molecule has 0 amide bonds. The summed E-state index contributed by atoms with van der Waals surface area (Å²) < 4.78 is 40.8. The Kier molecular flexibility index (Phi) is 8.31. The Bertz CT molecular complexity index is 1530. The molecule has 7 nitrogen and oxygen atoms in total. The first-order valence-corrected chi connectivity index (χ1v) is 14.5. The fourth-order valence-corrected chi connectivity index (χ4v) is 6.46. The van der Waals surface area contributed by atoms with E-state index in [-0.39, 0.29) is 10.9 Å². The minimum atomic E-state index is -4.24. The second-order valence-corrected chi connectivity index (χ2v) is 11.7. The lowest BCUT2D eigenvalue weighted by atomic mass is 10.0. The SMILES string of the molecule is CCN(C)CCn1c(C#N)cc2c(C)c(CN3CCC(Nc4ncnc5sc(CC(F)(F)F)cc45)CC3)ccc21. The number of fused-ring (bicyclic) bond motifs is 2. The number of anilines is 1. The standard InChI is InChI=1S/C29H34F3N7S/c1-4-37(3)11-12-39-22(16-33)13-24-19(2)20(5-6-26(24)39)17-38-9-7-21(8-10-38)36-27-25-14-23(15-29(30,31)32)40-28(25)35-18-34-27/h5-6,13-14,18,21H,4,7-12,15,17H2,1-3H3,(H,34,35,36). The largest absolute Gasteiger partial charge is 0.393 e. The third-order valence-electron chi connectivity index (χ3n) is 7.90. The Morgan fingerprint density at radius 1 is 1.18 bits per heavy atom. The number of aryl methyl sites for hydroxylation is 1. The van der Waals surface area contributed by atoms with Crippen molar-refractivity contribution in [3.8, 4) is 6.07 Å². The van der Waals surface area contributed by atoms with E-state index in [0.29, 0.717) is 21.7 Å². The Hall–Kier alpha value is -3.20. The molecule has 11 heteroatoms. The normalized spacial score (nSPS) is 15.3. The number of piperidine rings is 1. The second-order valence-electron chi connectivity index (χ2n) is 10.6. The quantitative estimate of drug-likeness (QED) is 0.268. The zero-order chi connectivity index (χ0) is 28.4. The Morgan fingerprint density at radius 3 is 2.65 bits per heavy atom. The lowest BCUT2D eigenvalue weighted by Gasteiger charge is -2.33. The predicted molar refractivity (Wildman–Crippen MR) is 154 cm³/mol. The summed E-state index contributed by atoms with van der Waals surface area (Å²) in [5.41, 5.74) is 4.28. The van der Waals surface area contributed by atoms with Crippen LogP contribution in [0.2, 0.25) is 0 Å². The number of nitriles is 1. The zero-order valence-electron chi connectivity index (χ0n) is 23.1. The van der Waals surface area contributed by atoms with Crippen LogP contribution in [0.4, 0.5) is 19.0 Å². The molecule has 0 saturated carbocycles. The van der Waals surface area contributed by atoms with E-state index in [1.165, 1.54) is 17.5 Å². The van der Waals surface area contributed by atoms with Gasteiger partial charge in [-0.05, 0) is 62.7 Å². The highest BCUT2D eigenvalue weighted by Gasteiger charge is 2.29.